The zero-order chi connectivity index (χ0) is 14.6. The molecule has 6 heteroatoms. The number of hydrogen-bond donors (Lipinski definition) is 1. The summed E-state index contributed by atoms with van der Waals surface area (Å²) in [5.74, 6) is 0.290. The molecule has 0 saturated carbocycles. The lowest BCUT2D eigenvalue weighted by Gasteiger charge is -2.32. The second-order valence-corrected chi connectivity index (χ2v) is 8.21. The number of sulfonamides is 1. The molecule has 0 aromatic carbocycles. The molecule has 2 fully saturated rings. The van der Waals surface area contributed by atoms with Gasteiger partial charge in [0.15, 0.2) is 0 Å². The lowest BCUT2D eigenvalue weighted by atomic mass is 9.91. The fourth-order valence-electron chi connectivity index (χ4n) is 3.27. The van der Waals surface area contributed by atoms with Crippen molar-refractivity contribution in [3.63, 3.8) is 0 Å². The first-order chi connectivity index (χ1) is 9.45. The Morgan fingerprint density at radius 1 is 1.35 bits per heavy atom. The van der Waals surface area contributed by atoms with E-state index in [2.05, 4.69) is 0 Å². The first-order valence-electron chi connectivity index (χ1n) is 7.70. The van der Waals surface area contributed by atoms with Gasteiger partial charge >= 0.3 is 0 Å². The van der Waals surface area contributed by atoms with E-state index in [9.17, 15) is 13.5 Å². The Labute approximate surface area is 122 Å². The minimum Gasteiger partial charge on any atom is -0.393 e. The van der Waals surface area contributed by atoms with Crippen LogP contribution >= 0.6 is 0 Å². The molecule has 0 bridgehead atoms. The lowest BCUT2D eigenvalue weighted by Crippen LogP contribution is -2.40. The van der Waals surface area contributed by atoms with Crippen LogP contribution in [-0.2, 0) is 14.8 Å². The zero-order valence-electron chi connectivity index (χ0n) is 12.3. The lowest BCUT2D eigenvalue weighted by molar-refractivity contribution is 0.0688. The van der Waals surface area contributed by atoms with Crippen LogP contribution in [0.1, 0.15) is 44.9 Å². The summed E-state index contributed by atoms with van der Waals surface area (Å²) in [6, 6.07) is 0. The van der Waals surface area contributed by atoms with E-state index in [1.807, 2.05) is 0 Å². The van der Waals surface area contributed by atoms with Gasteiger partial charge in [-0.05, 0) is 50.9 Å². The SMILES string of the molecule is CS(=O)(=O)N1CCCC(CC(O)CCC2CCCO2)C1. The van der Waals surface area contributed by atoms with Crippen molar-refractivity contribution >= 4 is 10.0 Å². The van der Waals surface area contributed by atoms with Crippen molar-refractivity contribution in [2.75, 3.05) is 26.0 Å². The summed E-state index contributed by atoms with van der Waals surface area (Å²) in [5.41, 5.74) is 0. The molecule has 2 aliphatic heterocycles. The standard InChI is InChI=1S/C14H27NO4S/c1-20(17,18)15-8-2-4-12(11-15)10-13(16)6-7-14-5-3-9-19-14/h12-14,16H,2-11H2,1H3. The third kappa shape index (κ3) is 4.98. The van der Waals surface area contributed by atoms with Crippen molar-refractivity contribution in [2.45, 2.75) is 57.2 Å². The molecular formula is C14H27NO4S. The summed E-state index contributed by atoms with van der Waals surface area (Å²) in [5, 5.41) is 10.1. The molecule has 0 aliphatic carbocycles. The largest absolute Gasteiger partial charge is 0.393 e. The maximum Gasteiger partial charge on any atom is 0.211 e. The minimum absolute atomic E-state index is 0.290. The molecule has 0 spiro atoms. The highest BCUT2D eigenvalue weighted by Crippen LogP contribution is 2.25. The van der Waals surface area contributed by atoms with Gasteiger partial charge in [0.05, 0.1) is 18.5 Å². The Morgan fingerprint density at radius 2 is 2.15 bits per heavy atom. The predicted octanol–water partition coefficient (Wildman–Crippen LogP) is 1.37. The number of nitrogens with zero attached hydrogens (tertiary/aromatic N) is 1. The maximum absolute atomic E-state index is 11.6. The van der Waals surface area contributed by atoms with Gasteiger partial charge in [0.1, 0.15) is 0 Å². The second kappa shape index (κ2) is 7.20. The van der Waals surface area contributed by atoms with Gasteiger partial charge in [-0.1, -0.05) is 0 Å². The van der Waals surface area contributed by atoms with E-state index in [4.69, 9.17) is 4.74 Å². The smallest absolute Gasteiger partial charge is 0.211 e. The van der Waals surface area contributed by atoms with Crippen LogP contribution in [0.25, 0.3) is 0 Å². The van der Waals surface area contributed by atoms with Crippen molar-refractivity contribution in [3.8, 4) is 0 Å². The number of ether oxygens (including phenoxy) is 1. The van der Waals surface area contributed by atoms with Crippen LogP contribution in [0.15, 0.2) is 0 Å². The summed E-state index contributed by atoms with van der Waals surface area (Å²) < 4.78 is 30.2. The van der Waals surface area contributed by atoms with Gasteiger partial charge in [-0.3, -0.25) is 0 Å². The normalized spacial score (nSPS) is 30.5. The Kier molecular flexibility index (Phi) is 5.84. The van der Waals surface area contributed by atoms with E-state index in [1.165, 1.54) is 6.26 Å². The Bertz CT molecular complexity index is 392. The topological polar surface area (TPSA) is 66.8 Å². The summed E-state index contributed by atoms with van der Waals surface area (Å²) in [6.07, 6.45) is 7.81. The Hall–Kier alpha value is -0.170. The van der Waals surface area contributed by atoms with Crippen molar-refractivity contribution < 1.29 is 18.3 Å². The number of piperidine rings is 1. The molecule has 2 saturated heterocycles. The average molecular weight is 305 g/mol. The van der Waals surface area contributed by atoms with E-state index in [0.717, 1.165) is 45.1 Å². The first kappa shape index (κ1) is 16.2. The van der Waals surface area contributed by atoms with Gasteiger partial charge in [0.25, 0.3) is 0 Å². The van der Waals surface area contributed by atoms with Gasteiger partial charge in [0.2, 0.25) is 10.0 Å². The predicted molar refractivity (Wildman–Crippen MR) is 78.0 cm³/mol. The fourth-order valence-corrected chi connectivity index (χ4v) is 4.22. The number of hydrogen-bond acceptors (Lipinski definition) is 4. The van der Waals surface area contributed by atoms with Gasteiger partial charge < -0.3 is 9.84 Å². The van der Waals surface area contributed by atoms with Gasteiger partial charge in [-0.2, -0.15) is 0 Å². The summed E-state index contributed by atoms with van der Waals surface area (Å²) in [4.78, 5) is 0. The van der Waals surface area contributed by atoms with Crippen LogP contribution in [0.5, 0.6) is 0 Å². The van der Waals surface area contributed by atoms with Crippen molar-refractivity contribution in [3.05, 3.63) is 0 Å². The van der Waals surface area contributed by atoms with Crippen LogP contribution in [-0.4, -0.2) is 56.0 Å². The Morgan fingerprint density at radius 3 is 2.80 bits per heavy atom. The molecule has 1 N–H and O–H groups in total. The van der Waals surface area contributed by atoms with Crippen LogP contribution in [0.2, 0.25) is 0 Å². The zero-order valence-corrected chi connectivity index (χ0v) is 13.1. The first-order valence-corrected chi connectivity index (χ1v) is 9.55. The molecular weight excluding hydrogens is 278 g/mol. The molecule has 20 heavy (non-hydrogen) atoms. The van der Waals surface area contributed by atoms with Crippen LogP contribution in [0, 0.1) is 5.92 Å². The highest BCUT2D eigenvalue weighted by Gasteiger charge is 2.27. The molecule has 3 unspecified atom stereocenters. The Balaban J connectivity index is 1.71. The monoisotopic (exact) mass is 305 g/mol. The minimum atomic E-state index is -3.09. The summed E-state index contributed by atoms with van der Waals surface area (Å²) >= 11 is 0. The molecule has 0 aromatic rings. The number of rotatable bonds is 6. The third-order valence-corrected chi connectivity index (χ3v) is 5.67. The van der Waals surface area contributed by atoms with E-state index in [-0.39, 0.29) is 12.0 Å². The molecule has 2 aliphatic rings. The molecule has 2 heterocycles. The van der Waals surface area contributed by atoms with E-state index in [1.54, 1.807) is 4.31 Å². The van der Waals surface area contributed by atoms with E-state index >= 15 is 0 Å². The second-order valence-electron chi connectivity index (χ2n) is 6.23. The fraction of sp³-hybridized carbons (Fsp3) is 1.00. The molecule has 118 valence electrons. The molecule has 0 aromatic heterocycles. The van der Waals surface area contributed by atoms with Crippen LogP contribution < -0.4 is 0 Å². The van der Waals surface area contributed by atoms with Crippen LogP contribution in [0.4, 0.5) is 0 Å². The van der Waals surface area contributed by atoms with E-state index < -0.39 is 10.0 Å². The highest BCUT2D eigenvalue weighted by molar-refractivity contribution is 7.88. The van der Waals surface area contributed by atoms with Gasteiger partial charge in [-0.25, -0.2) is 12.7 Å². The van der Waals surface area contributed by atoms with Crippen molar-refractivity contribution in [2.24, 2.45) is 5.92 Å². The molecule has 0 amide bonds. The molecule has 0 radical (unpaired) electrons. The summed E-state index contributed by atoms with van der Waals surface area (Å²) in [7, 11) is -3.09. The van der Waals surface area contributed by atoms with E-state index in [0.29, 0.717) is 25.6 Å². The van der Waals surface area contributed by atoms with Gasteiger partial charge in [0, 0.05) is 19.7 Å². The number of aliphatic hydroxyl groups is 1. The molecule has 2 rings (SSSR count). The maximum atomic E-state index is 11.6. The quantitative estimate of drug-likeness (QED) is 0.805. The summed E-state index contributed by atoms with van der Waals surface area (Å²) in [6.45, 7) is 2.05. The molecule has 3 atom stereocenters. The third-order valence-electron chi connectivity index (χ3n) is 4.40. The highest BCUT2D eigenvalue weighted by atomic mass is 32.2. The van der Waals surface area contributed by atoms with Gasteiger partial charge in [-0.15, -0.1) is 0 Å². The average Bonchev–Trinajstić information content (AvgIpc) is 2.89. The van der Waals surface area contributed by atoms with Crippen LogP contribution in [0.3, 0.4) is 0 Å². The van der Waals surface area contributed by atoms with Crippen molar-refractivity contribution in [1.82, 2.24) is 4.31 Å². The van der Waals surface area contributed by atoms with Crippen molar-refractivity contribution in [1.29, 1.82) is 0 Å². The number of aliphatic hydroxyl groups excluding tert-OH is 1. The molecule has 5 nitrogen and oxygen atoms in total.